The van der Waals surface area contributed by atoms with Crippen molar-refractivity contribution in [3.63, 3.8) is 0 Å². The lowest BCUT2D eigenvalue weighted by atomic mass is 10.1. The van der Waals surface area contributed by atoms with Gasteiger partial charge in [-0.2, -0.15) is 0 Å². The van der Waals surface area contributed by atoms with E-state index in [2.05, 4.69) is 20.9 Å². The average Bonchev–Trinajstić information content (AvgIpc) is 2.45. The number of carbonyl (C=O) groups is 1. The topological polar surface area (TPSA) is 79.8 Å². The van der Waals surface area contributed by atoms with E-state index in [1.54, 1.807) is 17.0 Å². The summed E-state index contributed by atoms with van der Waals surface area (Å²) in [6.45, 7) is 2.42. The predicted octanol–water partition coefficient (Wildman–Crippen LogP) is 1.38. The quantitative estimate of drug-likeness (QED) is 0.691. The number of carbonyl (C=O) groups excluding carboxylic acids is 1. The molecular weight excluding hydrogens is 386 g/mol. The molecule has 23 heavy (non-hydrogen) atoms. The molecule has 0 saturated carbocycles. The molecule has 0 bridgehead atoms. The maximum atomic E-state index is 12.2. The highest BCUT2D eigenvalue weighted by molar-refractivity contribution is 9.10. The third kappa shape index (κ3) is 4.28. The van der Waals surface area contributed by atoms with Crippen LogP contribution in [0.15, 0.2) is 16.7 Å². The highest BCUT2D eigenvalue weighted by atomic mass is 79.9. The van der Waals surface area contributed by atoms with Gasteiger partial charge in [0.15, 0.2) is 0 Å². The van der Waals surface area contributed by atoms with E-state index in [4.69, 9.17) is 4.74 Å². The normalized spacial score (nSPS) is 19.4. The number of nitrogens with zero attached hydrogens (tertiary/aromatic N) is 3. The van der Waals surface area contributed by atoms with Crippen molar-refractivity contribution in [1.82, 2.24) is 9.29 Å². The molecule has 128 valence electrons. The van der Waals surface area contributed by atoms with Crippen molar-refractivity contribution in [2.45, 2.75) is 25.1 Å². The molecule has 0 N–H and O–H groups in total. The Morgan fingerprint density at radius 1 is 1.43 bits per heavy atom. The number of ether oxygens (including phenoxy) is 1. The lowest BCUT2D eigenvalue weighted by molar-refractivity contribution is -0.127. The number of hydrogen-bond donors (Lipinski definition) is 0. The van der Waals surface area contributed by atoms with Crippen LogP contribution in [0.3, 0.4) is 0 Å². The molecule has 1 amide bonds. The monoisotopic (exact) mass is 405 g/mol. The molecule has 1 fully saturated rings. The molecule has 7 nitrogen and oxygen atoms in total. The average molecular weight is 406 g/mol. The van der Waals surface area contributed by atoms with Gasteiger partial charge in [0.05, 0.1) is 18.4 Å². The summed E-state index contributed by atoms with van der Waals surface area (Å²) in [6, 6.07) is 3.20. The van der Waals surface area contributed by atoms with E-state index in [1.807, 2.05) is 6.92 Å². The fourth-order valence-electron chi connectivity index (χ4n) is 2.33. The van der Waals surface area contributed by atoms with Gasteiger partial charge in [0.25, 0.3) is 5.91 Å². The highest BCUT2D eigenvalue weighted by Crippen LogP contribution is 2.25. The van der Waals surface area contributed by atoms with E-state index in [0.717, 1.165) is 6.42 Å². The fraction of sp³-hybridized carbons (Fsp3) is 0.571. The fourth-order valence-corrected chi connectivity index (χ4v) is 3.65. The van der Waals surface area contributed by atoms with Crippen LogP contribution >= 0.6 is 15.9 Å². The maximum absolute atomic E-state index is 12.2. The molecule has 1 saturated heterocycles. The number of pyridine rings is 1. The van der Waals surface area contributed by atoms with Crippen LogP contribution in [-0.2, 0) is 25.3 Å². The molecule has 1 aromatic rings. The van der Waals surface area contributed by atoms with E-state index < -0.39 is 10.0 Å². The van der Waals surface area contributed by atoms with Crippen LogP contribution in [-0.4, -0.2) is 57.0 Å². The number of amides is 1. The molecule has 9 heteroatoms. The Morgan fingerprint density at radius 3 is 2.74 bits per heavy atom. The van der Waals surface area contributed by atoms with Gasteiger partial charge >= 0.3 is 0 Å². The third-order valence-corrected chi connectivity index (χ3v) is 5.85. The summed E-state index contributed by atoms with van der Waals surface area (Å²) in [5, 5.41) is 0. The van der Waals surface area contributed by atoms with E-state index in [9.17, 15) is 13.2 Å². The second-order valence-electron chi connectivity index (χ2n) is 5.54. The number of anilines is 1. The first-order valence-electron chi connectivity index (χ1n) is 7.21. The Labute approximate surface area is 144 Å². The molecular formula is C14H20BrN3O4S. The van der Waals surface area contributed by atoms with Gasteiger partial charge in [-0.25, -0.2) is 17.7 Å². The third-order valence-electron chi connectivity index (χ3n) is 3.63. The van der Waals surface area contributed by atoms with Crippen LogP contribution in [0.25, 0.3) is 0 Å². The molecule has 0 spiro atoms. The summed E-state index contributed by atoms with van der Waals surface area (Å²) in [5.41, 5.74) is 0.574. The minimum absolute atomic E-state index is 0.00994. The lowest BCUT2D eigenvalue weighted by Crippen LogP contribution is -2.49. The van der Waals surface area contributed by atoms with Crippen LogP contribution < -0.4 is 4.90 Å². The Hall–Kier alpha value is -1.03. The molecule has 0 aliphatic carbocycles. The number of sulfonamides is 1. The minimum Gasteiger partial charge on any atom is -0.369 e. The number of morpholine rings is 1. The van der Waals surface area contributed by atoms with Gasteiger partial charge < -0.3 is 4.74 Å². The highest BCUT2D eigenvalue weighted by Gasteiger charge is 2.30. The summed E-state index contributed by atoms with van der Waals surface area (Å²) in [6.07, 6.45) is 0.727. The zero-order valence-corrected chi connectivity index (χ0v) is 15.7. The lowest BCUT2D eigenvalue weighted by Gasteiger charge is -2.34. The van der Waals surface area contributed by atoms with Crippen LogP contribution in [0.5, 0.6) is 0 Å². The molecule has 2 heterocycles. The minimum atomic E-state index is -3.39. The largest absolute Gasteiger partial charge is 0.369 e. The zero-order valence-electron chi connectivity index (χ0n) is 13.3. The first kappa shape index (κ1) is 18.3. The molecule has 0 radical (unpaired) electrons. The Bertz CT molecular complexity index is 693. The molecule has 0 unspecified atom stereocenters. The smallest absolute Gasteiger partial charge is 0.254 e. The van der Waals surface area contributed by atoms with E-state index in [0.29, 0.717) is 22.6 Å². The molecule has 1 aliphatic rings. The van der Waals surface area contributed by atoms with Crippen LogP contribution in [0.1, 0.15) is 18.9 Å². The van der Waals surface area contributed by atoms with Gasteiger partial charge in [0, 0.05) is 14.1 Å². The Morgan fingerprint density at radius 2 is 2.13 bits per heavy atom. The molecule has 1 atom stereocenters. The van der Waals surface area contributed by atoms with Crippen molar-refractivity contribution in [3.05, 3.63) is 22.3 Å². The molecule has 1 aromatic heterocycles. The molecule has 2 rings (SSSR count). The number of hydrogen-bond acceptors (Lipinski definition) is 5. The van der Waals surface area contributed by atoms with Crippen molar-refractivity contribution in [1.29, 1.82) is 0 Å². The van der Waals surface area contributed by atoms with E-state index in [1.165, 1.54) is 18.4 Å². The van der Waals surface area contributed by atoms with Crippen LogP contribution in [0, 0.1) is 0 Å². The second kappa shape index (κ2) is 7.25. The standard InChI is InChI=1S/C14H20BrN3O4S/c1-4-11-7-22-8-14(19)18(11)13-6-10(5-12(15)16-13)9-23(20,21)17(2)3/h5-6,11H,4,7-9H2,1-3H3/t11-/m0/s1. The van der Waals surface area contributed by atoms with Crippen molar-refractivity contribution >= 4 is 37.7 Å². The van der Waals surface area contributed by atoms with Gasteiger partial charge in [0.2, 0.25) is 10.0 Å². The first-order valence-corrected chi connectivity index (χ1v) is 9.61. The molecule has 0 aromatic carbocycles. The van der Waals surface area contributed by atoms with E-state index in [-0.39, 0.29) is 24.3 Å². The van der Waals surface area contributed by atoms with Crippen LogP contribution in [0.2, 0.25) is 0 Å². The van der Waals surface area contributed by atoms with Crippen molar-refractivity contribution in [3.8, 4) is 0 Å². The van der Waals surface area contributed by atoms with Gasteiger partial charge in [0.1, 0.15) is 17.0 Å². The summed E-state index contributed by atoms with van der Waals surface area (Å²) in [7, 11) is -0.409. The number of aromatic nitrogens is 1. The SMILES string of the molecule is CC[C@H]1COCC(=O)N1c1cc(CS(=O)(=O)N(C)C)cc(Br)n1. The zero-order chi connectivity index (χ0) is 17.2. The maximum Gasteiger partial charge on any atom is 0.254 e. The van der Waals surface area contributed by atoms with Gasteiger partial charge in [-0.1, -0.05) is 6.92 Å². The van der Waals surface area contributed by atoms with Crippen molar-refractivity contribution in [2.24, 2.45) is 0 Å². The number of rotatable bonds is 5. The Balaban J connectivity index is 2.38. The van der Waals surface area contributed by atoms with Gasteiger partial charge in [-0.3, -0.25) is 9.69 Å². The van der Waals surface area contributed by atoms with E-state index >= 15 is 0 Å². The van der Waals surface area contributed by atoms with Gasteiger partial charge in [-0.05, 0) is 40.0 Å². The second-order valence-corrected chi connectivity index (χ2v) is 8.53. The molecule has 1 aliphatic heterocycles. The van der Waals surface area contributed by atoms with Crippen molar-refractivity contribution in [2.75, 3.05) is 32.2 Å². The summed E-state index contributed by atoms with van der Waals surface area (Å²) in [5.74, 6) is 0.127. The summed E-state index contributed by atoms with van der Waals surface area (Å²) in [4.78, 5) is 18.1. The van der Waals surface area contributed by atoms with Crippen molar-refractivity contribution < 1.29 is 17.9 Å². The first-order chi connectivity index (χ1) is 10.7. The summed E-state index contributed by atoms with van der Waals surface area (Å²) < 4.78 is 31.1. The predicted molar refractivity (Wildman–Crippen MR) is 90.6 cm³/mol. The Kier molecular flexibility index (Phi) is 5.77. The van der Waals surface area contributed by atoms with Crippen LogP contribution in [0.4, 0.5) is 5.82 Å². The summed E-state index contributed by atoms with van der Waals surface area (Å²) >= 11 is 3.30. The van der Waals surface area contributed by atoms with Gasteiger partial charge in [-0.15, -0.1) is 0 Å². The number of halogens is 1.